The molecule has 2 heterocycles. The molecule has 1 aliphatic carbocycles. The van der Waals surface area contributed by atoms with Crippen LogP contribution in [-0.2, 0) is 6.54 Å². The number of aromatic nitrogens is 4. The first-order valence-corrected chi connectivity index (χ1v) is 7.41. The van der Waals surface area contributed by atoms with E-state index in [-0.39, 0.29) is 0 Å². The molecule has 0 amide bonds. The van der Waals surface area contributed by atoms with Crippen molar-refractivity contribution in [1.82, 2.24) is 19.6 Å². The van der Waals surface area contributed by atoms with E-state index in [2.05, 4.69) is 20.5 Å². The molecule has 0 radical (unpaired) electrons. The lowest BCUT2D eigenvalue weighted by atomic mass is 10.2. The molecule has 1 aromatic carbocycles. The van der Waals surface area contributed by atoms with Gasteiger partial charge >= 0.3 is 0 Å². The second-order valence-corrected chi connectivity index (χ2v) is 5.50. The quantitative estimate of drug-likeness (QED) is 0.784. The van der Waals surface area contributed by atoms with Gasteiger partial charge in [-0.1, -0.05) is 12.1 Å². The summed E-state index contributed by atoms with van der Waals surface area (Å²) in [6.45, 7) is 0.683. The van der Waals surface area contributed by atoms with Crippen molar-refractivity contribution in [2.45, 2.75) is 25.3 Å². The van der Waals surface area contributed by atoms with E-state index < -0.39 is 0 Å². The van der Waals surface area contributed by atoms with Crippen LogP contribution in [0.4, 0.5) is 5.82 Å². The second-order valence-electron chi connectivity index (χ2n) is 5.50. The highest BCUT2D eigenvalue weighted by Crippen LogP contribution is 2.39. The van der Waals surface area contributed by atoms with E-state index in [1.54, 1.807) is 13.3 Å². The number of ether oxygens (including phenoxy) is 1. The summed E-state index contributed by atoms with van der Waals surface area (Å²) in [5.74, 6) is 3.23. The van der Waals surface area contributed by atoms with E-state index in [1.807, 2.05) is 34.9 Å². The Balaban J connectivity index is 1.55. The van der Waals surface area contributed by atoms with Gasteiger partial charge in [0.15, 0.2) is 5.82 Å². The molecule has 0 atom stereocenters. The van der Waals surface area contributed by atoms with E-state index >= 15 is 0 Å². The van der Waals surface area contributed by atoms with Crippen molar-refractivity contribution in [3.63, 3.8) is 0 Å². The molecule has 6 heteroatoms. The van der Waals surface area contributed by atoms with Gasteiger partial charge in [-0.3, -0.25) is 4.40 Å². The van der Waals surface area contributed by atoms with Gasteiger partial charge in [0, 0.05) is 24.9 Å². The predicted octanol–water partition coefficient (Wildman–Crippen LogP) is 2.62. The van der Waals surface area contributed by atoms with Crippen molar-refractivity contribution in [3.8, 4) is 5.75 Å². The number of methoxy groups -OCH3 is 1. The number of fused-ring (bicyclic) bond motifs is 1. The van der Waals surface area contributed by atoms with E-state index in [0.29, 0.717) is 12.5 Å². The molecule has 1 aliphatic rings. The van der Waals surface area contributed by atoms with Crippen LogP contribution in [0.5, 0.6) is 5.75 Å². The zero-order chi connectivity index (χ0) is 14.9. The normalized spacial score (nSPS) is 14.2. The van der Waals surface area contributed by atoms with E-state index in [9.17, 15) is 0 Å². The van der Waals surface area contributed by atoms with Crippen molar-refractivity contribution >= 4 is 11.5 Å². The highest BCUT2D eigenvalue weighted by molar-refractivity contribution is 5.62. The minimum absolute atomic E-state index is 0.562. The first-order chi connectivity index (χ1) is 10.8. The Bertz CT molecular complexity index is 792. The summed E-state index contributed by atoms with van der Waals surface area (Å²) in [6, 6.07) is 7.97. The van der Waals surface area contributed by atoms with Crippen molar-refractivity contribution in [2.75, 3.05) is 12.4 Å². The number of nitrogens with one attached hydrogen (secondary N) is 1. The molecular formula is C16H17N5O. The van der Waals surface area contributed by atoms with Crippen molar-refractivity contribution in [1.29, 1.82) is 0 Å². The number of hydrogen-bond donors (Lipinski definition) is 1. The van der Waals surface area contributed by atoms with Crippen LogP contribution in [0.2, 0.25) is 0 Å². The molecule has 4 rings (SSSR count). The molecule has 1 fully saturated rings. The van der Waals surface area contributed by atoms with Crippen molar-refractivity contribution in [3.05, 3.63) is 48.0 Å². The zero-order valence-electron chi connectivity index (χ0n) is 12.4. The van der Waals surface area contributed by atoms with E-state index in [1.165, 1.54) is 12.8 Å². The lowest BCUT2D eigenvalue weighted by molar-refractivity contribution is 0.414. The van der Waals surface area contributed by atoms with E-state index in [0.717, 1.165) is 28.6 Å². The Hall–Kier alpha value is -2.63. The van der Waals surface area contributed by atoms with Gasteiger partial charge in [-0.15, -0.1) is 10.2 Å². The molecule has 112 valence electrons. The maximum Gasteiger partial charge on any atom is 0.203 e. The first kappa shape index (κ1) is 13.1. The van der Waals surface area contributed by atoms with Gasteiger partial charge in [0.1, 0.15) is 11.6 Å². The highest BCUT2D eigenvalue weighted by atomic mass is 16.5. The minimum Gasteiger partial charge on any atom is -0.497 e. The van der Waals surface area contributed by atoms with Gasteiger partial charge < -0.3 is 10.1 Å². The second kappa shape index (κ2) is 5.29. The molecule has 0 spiro atoms. The molecular weight excluding hydrogens is 278 g/mol. The fourth-order valence-corrected chi connectivity index (χ4v) is 2.52. The van der Waals surface area contributed by atoms with Gasteiger partial charge in [0.2, 0.25) is 5.65 Å². The van der Waals surface area contributed by atoms with Crippen LogP contribution in [0.25, 0.3) is 5.65 Å². The minimum atomic E-state index is 0.562. The average Bonchev–Trinajstić information content (AvgIpc) is 3.32. The summed E-state index contributed by atoms with van der Waals surface area (Å²) < 4.78 is 7.21. The molecule has 22 heavy (non-hydrogen) atoms. The van der Waals surface area contributed by atoms with Crippen LogP contribution < -0.4 is 10.1 Å². The molecule has 3 aromatic rings. The van der Waals surface area contributed by atoms with Crippen LogP contribution in [0.3, 0.4) is 0 Å². The van der Waals surface area contributed by atoms with Gasteiger partial charge in [-0.2, -0.15) is 0 Å². The number of hydrogen-bond acceptors (Lipinski definition) is 5. The molecule has 1 saturated carbocycles. The summed E-state index contributed by atoms with van der Waals surface area (Å²) in [7, 11) is 1.67. The Labute approximate surface area is 128 Å². The topological polar surface area (TPSA) is 64.3 Å². The molecule has 0 saturated heterocycles. The number of anilines is 1. The van der Waals surface area contributed by atoms with Crippen molar-refractivity contribution in [2.24, 2.45) is 0 Å². The molecule has 2 aromatic heterocycles. The molecule has 0 bridgehead atoms. The summed E-state index contributed by atoms with van der Waals surface area (Å²) >= 11 is 0. The van der Waals surface area contributed by atoms with Crippen LogP contribution in [0.1, 0.15) is 30.1 Å². The standard InChI is InChI=1S/C16H17N5O/c1-22-13-6-2-11(3-7-13)10-18-14-16-20-19-15(12-4-5-12)21(16)9-8-17-14/h2-3,6-9,12H,4-5,10H2,1H3,(H,17,18). The average molecular weight is 295 g/mol. The third kappa shape index (κ3) is 2.36. The van der Waals surface area contributed by atoms with Gasteiger partial charge in [0.05, 0.1) is 7.11 Å². The number of rotatable bonds is 5. The fraction of sp³-hybridized carbons (Fsp3) is 0.312. The number of nitrogens with zero attached hydrogens (tertiary/aromatic N) is 4. The summed E-state index contributed by atoms with van der Waals surface area (Å²) in [5, 5.41) is 11.9. The summed E-state index contributed by atoms with van der Waals surface area (Å²) in [6.07, 6.45) is 6.13. The lowest BCUT2D eigenvalue weighted by Crippen LogP contribution is -2.04. The third-order valence-electron chi connectivity index (χ3n) is 3.91. The molecule has 1 N–H and O–H groups in total. The maximum absolute atomic E-state index is 5.17. The highest BCUT2D eigenvalue weighted by Gasteiger charge is 2.29. The van der Waals surface area contributed by atoms with Gasteiger partial charge in [-0.25, -0.2) is 4.98 Å². The largest absolute Gasteiger partial charge is 0.497 e. The smallest absolute Gasteiger partial charge is 0.203 e. The Kier molecular flexibility index (Phi) is 3.14. The van der Waals surface area contributed by atoms with Crippen LogP contribution in [0.15, 0.2) is 36.7 Å². The Morgan fingerprint density at radius 1 is 1.23 bits per heavy atom. The number of benzene rings is 1. The SMILES string of the molecule is COc1ccc(CNc2nccn3c(C4CC4)nnc23)cc1. The van der Waals surface area contributed by atoms with Crippen molar-refractivity contribution < 1.29 is 4.74 Å². The van der Waals surface area contributed by atoms with Crippen LogP contribution in [-0.4, -0.2) is 26.7 Å². The first-order valence-electron chi connectivity index (χ1n) is 7.41. The van der Waals surface area contributed by atoms with Gasteiger partial charge in [0.25, 0.3) is 0 Å². The monoisotopic (exact) mass is 295 g/mol. The summed E-state index contributed by atoms with van der Waals surface area (Å²) in [5.41, 5.74) is 1.95. The van der Waals surface area contributed by atoms with Gasteiger partial charge in [-0.05, 0) is 30.5 Å². The van der Waals surface area contributed by atoms with E-state index in [4.69, 9.17) is 4.74 Å². The predicted molar refractivity (Wildman–Crippen MR) is 83.1 cm³/mol. The third-order valence-corrected chi connectivity index (χ3v) is 3.91. The lowest BCUT2D eigenvalue weighted by Gasteiger charge is -2.07. The Morgan fingerprint density at radius 3 is 2.77 bits per heavy atom. The zero-order valence-corrected chi connectivity index (χ0v) is 12.4. The van der Waals surface area contributed by atoms with Crippen LogP contribution >= 0.6 is 0 Å². The fourth-order valence-electron chi connectivity index (χ4n) is 2.52. The molecule has 6 nitrogen and oxygen atoms in total. The molecule has 0 aliphatic heterocycles. The Morgan fingerprint density at radius 2 is 2.05 bits per heavy atom. The van der Waals surface area contributed by atoms with Crippen LogP contribution in [0, 0.1) is 0 Å². The molecule has 0 unspecified atom stereocenters. The maximum atomic E-state index is 5.17. The summed E-state index contributed by atoms with van der Waals surface area (Å²) in [4.78, 5) is 4.39.